The molecule has 0 aromatic heterocycles. The van der Waals surface area contributed by atoms with E-state index in [-0.39, 0.29) is 5.69 Å². The molecule has 1 aromatic rings. The third kappa shape index (κ3) is 2.36. The van der Waals surface area contributed by atoms with Crippen LogP contribution in [0.2, 0.25) is 0 Å². The lowest BCUT2D eigenvalue weighted by Gasteiger charge is -2.18. The van der Waals surface area contributed by atoms with Crippen LogP contribution in [0.5, 0.6) is 0 Å². The summed E-state index contributed by atoms with van der Waals surface area (Å²) in [6.07, 6.45) is 0.893. The van der Waals surface area contributed by atoms with Gasteiger partial charge in [-0.2, -0.15) is 0 Å². The van der Waals surface area contributed by atoms with E-state index in [0.29, 0.717) is 31.2 Å². The van der Waals surface area contributed by atoms with Crippen molar-refractivity contribution in [1.82, 2.24) is 0 Å². The number of nitro groups is 1. The molecule has 0 amide bonds. The second-order valence-electron chi connectivity index (χ2n) is 4.23. The molecule has 1 aliphatic heterocycles. The van der Waals surface area contributed by atoms with Gasteiger partial charge < -0.3 is 10.6 Å². The Labute approximate surface area is 98.2 Å². The van der Waals surface area contributed by atoms with Crippen LogP contribution in [0.15, 0.2) is 18.2 Å². The number of nitrogens with two attached hydrogens (primary N) is 1. The fraction of sp³-hybridized carbons (Fsp3) is 0.455. The first-order chi connectivity index (χ1) is 8.11. The molecule has 1 fully saturated rings. The SMILES string of the molecule is NCC1CCN(c2cc(F)ccc2[N+](=O)[O-])C1. The maximum atomic E-state index is 13.2. The molecular formula is C11H14FN3O2. The Hall–Kier alpha value is -1.69. The highest BCUT2D eigenvalue weighted by Crippen LogP contribution is 2.32. The van der Waals surface area contributed by atoms with E-state index < -0.39 is 10.7 Å². The first kappa shape index (κ1) is 11.8. The Kier molecular flexibility index (Phi) is 3.23. The lowest BCUT2D eigenvalue weighted by Crippen LogP contribution is -2.23. The van der Waals surface area contributed by atoms with Gasteiger partial charge >= 0.3 is 0 Å². The van der Waals surface area contributed by atoms with Crippen molar-refractivity contribution in [2.45, 2.75) is 6.42 Å². The van der Waals surface area contributed by atoms with Gasteiger partial charge in [0.15, 0.2) is 0 Å². The molecule has 1 saturated heterocycles. The van der Waals surface area contributed by atoms with Crippen molar-refractivity contribution < 1.29 is 9.31 Å². The first-order valence-corrected chi connectivity index (χ1v) is 5.50. The van der Waals surface area contributed by atoms with E-state index in [0.717, 1.165) is 12.5 Å². The van der Waals surface area contributed by atoms with Gasteiger partial charge in [0.25, 0.3) is 5.69 Å². The molecule has 0 spiro atoms. The lowest BCUT2D eigenvalue weighted by atomic mass is 10.1. The van der Waals surface area contributed by atoms with Crippen molar-refractivity contribution in [2.75, 3.05) is 24.5 Å². The first-order valence-electron chi connectivity index (χ1n) is 5.50. The summed E-state index contributed by atoms with van der Waals surface area (Å²) >= 11 is 0. The molecular weight excluding hydrogens is 225 g/mol. The molecule has 6 heteroatoms. The summed E-state index contributed by atoms with van der Waals surface area (Å²) in [5.74, 6) is -0.125. The number of benzene rings is 1. The van der Waals surface area contributed by atoms with Gasteiger partial charge in [0.1, 0.15) is 11.5 Å². The van der Waals surface area contributed by atoms with Crippen LogP contribution in [0, 0.1) is 21.8 Å². The van der Waals surface area contributed by atoms with E-state index in [1.54, 1.807) is 0 Å². The summed E-state index contributed by atoms with van der Waals surface area (Å²) in [4.78, 5) is 12.2. The fourth-order valence-electron chi connectivity index (χ4n) is 2.15. The van der Waals surface area contributed by atoms with Crippen molar-refractivity contribution in [2.24, 2.45) is 11.7 Å². The van der Waals surface area contributed by atoms with E-state index in [1.165, 1.54) is 12.1 Å². The highest BCUT2D eigenvalue weighted by atomic mass is 19.1. The van der Waals surface area contributed by atoms with Crippen LogP contribution >= 0.6 is 0 Å². The van der Waals surface area contributed by atoms with Gasteiger partial charge in [-0.25, -0.2) is 4.39 Å². The molecule has 2 N–H and O–H groups in total. The van der Waals surface area contributed by atoms with E-state index in [2.05, 4.69) is 0 Å². The molecule has 92 valence electrons. The molecule has 1 aromatic carbocycles. The molecule has 0 radical (unpaired) electrons. The molecule has 0 bridgehead atoms. The predicted molar refractivity (Wildman–Crippen MR) is 62.4 cm³/mol. The summed E-state index contributed by atoms with van der Waals surface area (Å²) in [6, 6.07) is 3.54. The van der Waals surface area contributed by atoms with Gasteiger partial charge in [0.2, 0.25) is 0 Å². The Morgan fingerprint density at radius 3 is 2.94 bits per heavy atom. The van der Waals surface area contributed by atoms with Crippen LogP contribution in [0.4, 0.5) is 15.8 Å². The quantitative estimate of drug-likeness (QED) is 0.641. The lowest BCUT2D eigenvalue weighted by molar-refractivity contribution is -0.384. The molecule has 1 heterocycles. The number of rotatable bonds is 3. The highest BCUT2D eigenvalue weighted by molar-refractivity contribution is 5.63. The van der Waals surface area contributed by atoms with Crippen molar-refractivity contribution in [3.63, 3.8) is 0 Å². The van der Waals surface area contributed by atoms with Gasteiger partial charge in [-0.15, -0.1) is 0 Å². The van der Waals surface area contributed by atoms with Gasteiger partial charge in [-0.05, 0) is 24.9 Å². The topological polar surface area (TPSA) is 72.4 Å². The van der Waals surface area contributed by atoms with Crippen LogP contribution in [0.1, 0.15) is 6.42 Å². The standard InChI is InChI=1S/C11H14FN3O2/c12-9-1-2-10(15(16)17)11(5-9)14-4-3-8(6-13)7-14/h1-2,5,8H,3-4,6-7,13H2. The van der Waals surface area contributed by atoms with Crippen LogP contribution in [-0.4, -0.2) is 24.6 Å². The Balaban J connectivity index is 2.31. The van der Waals surface area contributed by atoms with E-state index in [4.69, 9.17) is 5.73 Å². The minimum Gasteiger partial charge on any atom is -0.366 e. The normalized spacial score (nSPS) is 19.6. The third-order valence-electron chi connectivity index (χ3n) is 3.09. The zero-order chi connectivity index (χ0) is 12.4. The molecule has 1 atom stereocenters. The Bertz CT molecular complexity index is 439. The number of nitro benzene ring substituents is 1. The summed E-state index contributed by atoms with van der Waals surface area (Å²) in [5, 5.41) is 10.9. The number of hydrogen-bond donors (Lipinski definition) is 1. The van der Waals surface area contributed by atoms with Crippen LogP contribution < -0.4 is 10.6 Å². The van der Waals surface area contributed by atoms with Gasteiger partial charge in [0.05, 0.1) is 4.92 Å². The van der Waals surface area contributed by atoms with Gasteiger partial charge in [-0.1, -0.05) is 0 Å². The number of anilines is 1. The molecule has 2 rings (SSSR count). The third-order valence-corrected chi connectivity index (χ3v) is 3.09. The molecule has 5 nitrogen and oxygen atoms in total. The van der Waals surface area contributed by atoms with Gasteiger partial charge in [-0.3, -0.25) is 10.1 Å². The van der Waals surface area contributed by atoms with Crippen LogP contribution in [-0.2, 0) is 0 Å². The monoisotopic (exact) mass is 239 g/mol. The fourth-order valence-corrected chi connectivity index (χ4v) is 2.15. The van der Waals surface area contributed by atoms with Gasteiger partial charge in [0, 0.05) is 25.2 Å². The predicted octanol–water partition coefficient (Wildman–Crippen LogP) is 1.52. The van der Waals surface area contributed by atoms with E-state index >= 15 is 0 Å². The average molecular weight is 239 g/mol. The summed E-state index contributed by atoms with van der Waals surface area (Å²) < 4.78 is 13.2. The summed E-state index contributed by atoms with van der Waals surface area (Å²) in [5.41, 5.74) is 5.87. The molecule has 17 heavy (non-hydrogen) atoms. The maximum Gasteiger partial charge on any atom is 0.292 e. The maximum absolute atomic E-state index is 13.2. The number of hydrogen-bond acceptors (Lipinski definition) is 4. The minimum absolute atomic E-state index is 0.0518. The Morgan fingerprint density at radius 1 is 1.59 bits per heavy atom. The molecule has 0 saturated carbocycles. The number of nitrogens with zero attached hydrogens (tertiary/aromatic N) is 2. The van der Waals surface area contributed by atoms with Crippen molar-refractivity contribution in [3.8, 4) is 0 Å². The smallest absolute Gasteiger partial charge is 0.292 e. The van der Waals surface area contributed by atoms with Crippen molar-refractivity contribution in [1.29, 1.82) is 0 Å². The second kappa shape index (κ2) is 4.67. The van der Waals surface area contributed by atoms with E-state index in [9.17, 15) is 14.5 Å². The second-order valence-corrected chi connectivity index (χ2v) is 4.23. The van der Waals surface area contributed by atoms with Crippen molar-refractivity contribution in [3.05, 3.63) is 34.1 Å². The summed E-state index contributed by atoms with van der Waals surface area (Å²) in [6.45, 7) is 1.90. The zero-order valence-corrected chi connectivity index (χ0v) is 9.30. The largest absolute Gasteiger partial charge is 0.366 e. The molecule has 1 unspecified atom stereocenters. The zero-order valence-electron chi connectivity index (χ0n) is 9.30. The van der Waals surface area contributed by atoms with Crippen LogP contribution in [0.25, 0.3) is 0 Å². The molecule has 1 aliphatic rings. The molecule has 0 aliphatic carbocycles. The Morgan fingerprint density at radius 2 is 2.35 bits per heavy atom. The van der Waals surface area contributed by atoms with Crippen molar-refractivity contribution >= 4 is 11.4 Å². The average Bonchev–Trinajstić information content (AvgIpc) is 2.76. The van der Waals surface area contributed by atoms with Crippen LogP contribution in [0.3, 0.4) is 0 Å². The number of halogens is 1. The minimum atomic E-state index is -0.482. The highest BCUT2D eigenvalue weighted by Gasteiger charge is 2.27. The summed E-state index contributed by atoms with van der Waals surface area (Å²) in [7, 11) is 0. The van der Waals surface area contributed by atoms with E-state index in [1.807, 2.05) is 4.90 Å².